The van der Waals surface area contributed by atoms with E-state index < -0.39 is 0 Å². The molecule has 3 N–H and O–H groups in total. The van der Waals surface area contributed by atoms with Gasteiger partial charge in [0.15, 0.2) is 0 Å². The number of anilines is 3. The third-order valence-corrected chi connectivity index (χ3v) is 6.58. The molecule has 1 rings (SSSR count). The zero-order chi connectivity index (χ0) is 25.2. The van der Waals surface area contributed by atoms with Gasteiger partial charge in [-0.25, -0.2) is 0 Å². The van der Waals surface area contributed by atoms with Crippen LogP contribution in [0.3, 0.4) is 0 Å². The second-order valence-electron chi connectivity index (χ2n) is 10.1. The summed E-state index contributed by atoms with van der Waals surface area (Å²) < 4.78 is 0. The van der Waals surface area contributed by atoms with Gasteiger partial charge in [-0.3, -0.25) is 0 Å². The number of aromatic nitrogens is 3. The van der Waals surface area contributed by atoms with Crippen LogP contribution in [0, 0.1) is 0 Å². The molecule has 0 aliphatic rings. The molecular formula is C29H58N6. The fraction of sp³-hybridized carbons (Fsp3) is 0.897. The van der Waals surface area contributed by atoms with Crippen molar-refractivity contribution in [3.05, 3.63) is 0 Å². The van der Waals surface area contributed by atoms with Gasteiger partial charge in [-0.05, 0) is 19.3 Å². The van der Waals surface area contributed by atoms with Crippen LogP contribution in [0.15, 0.2) is 0 Å². The smallest absolute Gasteiger partial charge is 0.229 e. The summed E-state index contributed by atoms with van der Waals surface area (Å²) >= 11 is 0. The largest absolute Gasteiger partial charge is 0.354 e. The maximum absolute atomic E-state index is 4.56. The predicted molar refractivity (Wildman–Crippen MR) is 155 cm³/mol. The van der Waals surface area contributed by atoms with Crippen molar-refractivity contribution in [3.63, 3.8) is 0 Å². The van der Waals surface area contributed by atoms with Crippen LogP contribution in [0.5, 0.6) is 0 Å². The maximum atomic E-state index is 4.56. The average Bonchev–Trinajstić information content (AvgIpc) is 2.86. The summed E-state index contributed by atoms with van der Waals surface area (Å²) in [5.41, 5.74) is 0. The Bertz CT molecular complexity index is 552. The third-order valence-electron chi connectivity index (χ3n) is 6.58. The topological polar surface area (TPSA) is 74.8 Å². The number of rotatable bonds is 26. The normalized spacial score (nSPS) is 11.1. The molecule has 6 heteroatoms. The van der Waals surface area contributed by atoms with Crippen molar-refractivity contribution in [3.8, 4) is 0 Å². The van der Waals surface area contributed by atoms with Gasteiger partial charge in [-0.1, -0.05) is 130 Å². The number of unbranched alkanes of at least 4 members (excludes halogenated alkanes) is 17. The highest BCUT2D eigenvalue weighted by molar-refractivity contribution is 5.42. The molecule has 0 atom stereocenters. The third kappa shape index (κ3) is 19.3. The summed E-state index contributed by atoms with van der Waals surface area (Å²) in [6.07, 6.45) is 26.9. The summed E-state index contributed by atoms with van der Waals surface area (Å²) in [4.78, 5) is 13.6. The lowest BCUT2D eigenvalue weighted by Gasteiger charge is -2.11. The predicted octanol–water partition coefficient (Wildman–Crippen LogP) is 8.97. The Morgan fingerprint density at radius 3 is 0.914 bits per heavy atom. The van der Waals surface area contributed by atoms with Gasteiger partial charge in [-0.15, -0.1) is 0 Å². The minimum absolute atomic E-state index is 0.668. The van der Waals surface area contributed by atoms with E-state index in [0.29, 0.717) is 17.8 Å². The Morgan fingerprint density at radius 1 is 0.343 bits per heavy atom. The molecule has 0 aliphatic heterocycles. The van der Waals surface area contributed by atoms with Gasteiger partial charge in [0.05, 0.1) is 0 Å². The fourth-order valence-corrected chi connectivity index (χ4v) is 4.24. The summed E-state index contributed by atoms with van der Waals surface area (Å²) in [5.74, 6) is 2.02. The minimum atomic E-state index is 0.668. The number of hydrogen-bond donors (Lipinski definition) is 3. The number of nitrogens with zero attached hydrogens (tertiary/aromatic N) is 3. The van der Waals surface area contributed by atoms with Crippen molar-refractivity contribution in [1.82, 2.24) is 15.0 Å². The van der Waals surface area contributed by atoms with Gasteiger partial charge in [0.1, 0.15) is 0 Å². The lowest BCUT2D eigenvalue weighted by Crippen LogP contribution is -2.14. The van der Waals surface area contributed by atoms with E-state index in [1.807, 2.05) is 0 Å². The van der Waals surface area contributed by atoms with Crippen LogP contribution in [0.1, 0.15) is 149 Å². The van der Waals surface area contributed by atoms with Gasteiger partial charge >= 0.3 is 0 Å². The van der Waals surface area contributed by atoms with Gasteiger partial charge < -0.3 is 16.0 Å². The number of nitrogens with one attached hydrogen (secondary N) is 3. The van der Waals surface area contributed by atoms with Gasteiger partial charge in [-0.2, -0.15) is 15.0 Å². The first-order valence-electron chi connectivity index (χ1n) is 15.3. The molecule has 0 aliphatic carbocycles. The summed E-state index contributed by atoms with van der Waals surface area (Å²) in [6.45, 7) is 9.39. The number of hydrogen-bond acceptors (Lipinski definition) is 6. The van der Waals surface area contributed by atoms with Crippen LogP contribution in [0.25, 0.3) is 0 Å². The first kappa shape index (κ1) is 31.4. The molecule has 1 aromatic heterocycles. The molecule has 0 unspecified atom stereocenters. The summed E-state index contributed by atoms with van der Waals surface area (Å²) in [7, 11) is 0. The molecule has 0 aromatic carbocycles. The zero-order valence-corrected chi connectivity index (χ0v) is 23.6. The highest BCUT2D eigenvalue weighted by atomic mass is 15.3. The van der Waals surface area contributed by atoms with E-state index in [9.17, 15) is 0 Å². The Balaban J connectivity index is 2.06. The molecule has 0 spiro atoms. The summed E-state index contributed by atoms with van der Waals surface area (Å²) in [5, 5.41) is 10.1. The van der Waals surface area contributed by atoms with Crippen molar-refractivity contribution in [2.24, 2.45) is 0 Å². The Morgan fingerprint density at radius 2 is 0.600 bits per heavy atom. The quantitative estimate of drug-likeness (QED) is 0.112. The van der Waals surface area contributed by atoms with E-state index >= 15 is 0 Å². The van der Waals surface area contributed by atoms with E-state index in [1.165, 1.54) is 103 Å². The van der Waals surface area contributed by atoms with Crippen molar-refractivity contribution >= 4 is 17.8 Å². The summed E-state index contributed by atoms with van der Waals surface area (Å²) in [6, 6.07) is 0. The molecule has 0 fully saturated rings. The molecule has 1 heterocycles. The van der Waals surface area contributed by atoms with Crippen LogP contribution >= 0.6 is 0 Å². The van der Waals surface area contributed by atoms with Crippen molar-refractivity contribution in [2.45, 2.75) is 149 Å². The van der Waals surface area contributed by atoms with Crippen molar-refractivity contribution in [2.75, 3.05) is 35.6 Å². The van der Waals surface area contributed by atoms with Crippen LogP contribution in [0.4, 0.5) is 17.8 Å². The maximum Gasteiger partial charge on any atom is 0.229 e. The Kier molecular flexibility index (Phi) is 21.7. The molecule has 0 radical (unpaired) electrons. The SMILES string of the molecule is CCCCCCCCCCCCCCCCCCNc1nc(NCCCC)nc(NCCCC)n1. The first-order valence-corrected chi connectivity index (χ1v) is 15.3. The van der Waals surface area contributed by atoms with Gasteiger partial charge in [0.25, 0.3) is 0 Å². The second kappa shape index (κ2) is 24.1. The lowest BCUT2D eigenvalue weighted by molar-refractivity contribution is 0.530. The van der Waals surface area contributed by atoms with Gasteiger partial charge in [0, 0.05) is 19.6 Å². The van der Waals surface area contributed by atoms with E-state index in [-0.39, 0.29) is 0 Å². The van der Waals surface area contributed by atoms with E-state index in [2.05, 4.69) is 51.7 Å². The monoisotopic (exact) mass is 490 g/mol. The molecule has 1 aromatic rings. The van der Waals surface area contributed by atoms with Crippen LogP contribution in [-0.4, -0.2) is 34.6 Å². The van der Waals surface area contributed by atoms with E-state index in [4.69, 9.17) is 0 Å². The highest BCUT2D eigenvalue weighted by Crippen LogP contribution is 2.14. The van der Waals surface area contributed by atoms with Crippen LogP contribution in [-0.2, 0) is 0 Å². The molecule has 6 nitrogen and oxygen atoms in total. The fourth-order valence-electron chi connectivity index (χ4n) is 4.24. The second-order valence-corrected chi connectivity index (χ2v) is 10.1. The molecule has 0 saturated heterocycles. The van der Waals surface area contributed by atoms with Gasteiger partial charge in [0.2, 0.25) is 17.8 Å². The lowest BCUT2D eigenvalue weighted by atomic mass is 10.0. The molecule has 204 valence electrons. The minimum Gasteiger partial charge on any atom is -0.354 e. The Hall–Kier alpha value is -1.59. The molecular weight excluding hydrogens is 432 g/mol. The zero-order valence-electron chi connectivity index (χ0n) is 23.6. The standard InChI is InChI=1S/C29H58N6/c1-4-7-10-11-12-13-14-15-16-17-18-19-20-21-22-23-26-32-29-34-27(30-24-8-5-2)33-28(35-29)31-25-9-6-3/h4-26H2,1-3H3,(H3,30,31,32,33,34,35). The molecule has 0 amide bonds. The van der Waals surface area contributed by atoms with Crippen molar-refractivity contribution < 1.29 is 0 Å². The van der Waals surface area contributed by atoms with E-state index in [0.717, 1.165) is 45.3 Å². The highest BCUT2D eigenvalue weighted by Gasteiger charge is 2.06. The molecule has 0 saturated carbocycles. The van der Waals surface area contributed by atoms with Crippen LogP contribution < -0.4 is 16.0 Å². The molecule has 0 bridgehead atoms. The molecule has 35 heavy (non-hydrogen) atoms. The average molecular weight is 491 g/mol. The first-order chi connectivity index (χ1) is 17.3. The van der Waals surface area contributed by atoms with Crippen LogP contribution in [0.2, 0.25) is 0 Å². The Labute approximate surface area is 217 Å². The van der Waals surface area contributed by atoms with E-state index in [1.54, 1.807) is 0 Å². The van der Waals surface area contributed by atoms with Crippen molar-refractivity contribution in [1.29, 1.82) is 0 Å².